The lowest BCUT2D eigenvalue weighted by Crippen LogP contribution is -2.24. The van der Waals surface area contributed by atoms with Gasteiger partial charge in [0.1, 0.15) is 17.5 Å². The highest BCUT2D eigenvalue weighted by molar-refractivity contribution is 5.57. The van der Waals surface area contributed by atoms with Crippen LogP contribution >= 0.6 is 0 Å². The minimum atomic E-state index is 0.0389. The first-order chi connectivity index (χ1) is 8.62. The molecule has 0 bridgehead atoms. The van der Waals surface area contributed by atoms with Gasteiger partial charge in [0, 0.05) is 12.1 Å². The molecule has 1 heterocycles. The molecule has 0 aliphatic rings. The quantitative estimate of drug-likeness (QED) is 0.693. The van der Waals surface area contributed by atoms with Crippen LogP contribution in [-0.2, 0) is 0 Å². The van der Waals surface area contributed by atoms with Crippen LogP contribution in [0.25, 0.3) is 0 Å². The highest BCUT2D eigenvalue weighted by atomic mass is 16.3. The molecule has 0 saturated heterocycles. The molecule has 18 heavy (non-hydrogen) atoms. The van der Waals surface area contributed by atoms with E-state index in [9.17, 15) is 5.11 Å². The van der Waals surface area contributed by atoms with Gasteiger partial charge in [0.15, 0.2) is 0 Å². The van der Waals surface area contributed by atoms with Crippen LogP contribution in [0.15, 0.2) is 0 Å². The van der Waals surface area contributed by atoms with Crippen molar-refractivity contribution >= 4 is 11.6 Å². The van der Waals surface area contributed by atoms with Gasteiger partial charge < -0.3 is 15.7 Å². The molecular weight excluding hydrogens is 228 g/mol. The fourth-order valence-corrected chi connectivity index (χ4v) is 1.65. The number of aryl methyl sites for hydroxylation is 1. The smallest absolute Gasteiger partial charge is 0.135 e. The van der Waals surface area contributed by atoms with Gasteiger partial charge in [-0.3, -0.25) is 0 Å². The standard InChI is InChI=1S/C13H24N4O/c1-5-7-14-12-9(3)13(16-10(4)15-12)17-11(6-2)8-18/h11,18H,5-8H2,1-4H3,(H2,14,15,16,17). The van der Waals surface area contributed by atoms with Crippen molar-refractivity contribution < 1.29 is 5.11 Å². The van der Waals surface area contributed by atoms with E-state index < -0.39 is 0 Å². The van der Waals surface area contributed by atoms with E-state index >= 15 is 0 Å². The van der Waals surface area contributed by atoms with Crippen LogP contribution in [0.4, 0.5) is 11.6 Å². The largest absolute Gasteiger partial charge is 0.394 e. The highest BCUT2D eigenvalue weighted by Crippen LogP contribution is 2.20. The third kappa shape index (κ3) is 3.84. The Kier molecular flexibility index (Phi) is 5.85. The second kappa shape index (κ2) is 7.16. The molecule has 1 unspecified atom stereocenters. The SMILES string of the molecule is CCCNc1nc(C)nc(NC(CC)CO)c1C. The van der Waals surface area contributed by atoms with Crippen molar-refractivity contribution in [2.45, 2.75) is 46.6 Å². The van der Waals surface area contributed by atoms with E-state index in [1.807, 2.05) is 20.8 Å². The van der Waals surface area contributed by atoms with Crippen molar-refractivity contribution in [1.82, 2.24) is 9.97 Å². The summed E-state index contributed by atoms with van der Waals surface area (Å²) in [5.41, 5.74) is 1.00. The Balaban J connectivity index is 2.93. The predicted octanol–water partition coefficient (Wildman–Crippen LogP) is 2.10. The molecule has 1 rings (SSSR count). The normalized spacial score (nSPS) is 12.3. The van der Waals surface area contributed by atoms with Crippen molar-refractivity contribution in [2.24, 2.45) is 0 Å². The maximum absolute atomic E-state index is 9.24. The van der Waals surface area contributed by atoms with Crippen LogP contribution in [0, 0.1) is 13.8 Å². The Morgan fingerprint density at radius 3 is 2.39 bits per heavy atom. The maximum Gasteiger partial charge on any atom is 0.135 e. The Morgan fingerprint density at radius 2 is 1.83 bits per heavy atom. The molecule has 1 aromatic heterocycles. The summed E-state index contributed by atoms with van der Waals surface area (Å²) in [7, 11) is 0. The van der Waals surface area contributed by atoms with Gasteiger partial charge in [-0.1, -0.05) is 13.8 Å². The third-order valence-corrected chi connectivity index (χ3v) is 2.85. The number of rotatable bonds is 7. The van der Waals surface area contributed by atoms with Crippen LogP contribution in [0.1, 0.15) is 38.1 Å². The topological polar surface area (TPSA) is 70.1 Å². The molecule has 1 atom stereocenters. The van der Waals surface area contributed by atoms with Crippen molar-refractivity contribution in [1.29, 1.82) is 0 Å². The number of hydrogen-bond acceptors (Lipinski definition) is 5. The van der Waals surface area contributed by atoms with Gasteiger partial charge in [-0.05, 0) is 26.7 Å². The molecule has 0 spiro atoms. The van der Waals surface area contributed by atoms with E-state index in [0.717, 1.165) is 42.4 Å². The summed E-state index contributed by atoms with van der Waals surface area (Å²) in [6.45, 7) is 9.03. The molecule has 0 saturated carbocycles. The third-order valence-electron chi connectivity index (χ3n) is 2.85. The van der Waals surface area contributed by atoms with Gasteiger partial charge in [0.25, 0.3) is 0 Å². The zero-order valence-corrected chi connectivity index (χ0v) is 11.7. The van der Waals surface area contributed by atoms with Gasteiger partial charge in [0.2, 0.25) is 0 Å². The molecule has 0 radical (unpaired) electrons. The van der Waals surface area contributed by atoms with E-state index in [0.29, 0.717) is 0 Å². The Labute approximate surface area is 109 Å². The number of hydrogen-bond donors (Lipinski definition) is 3. The molecule has 0 aliphatic heterocycles. The Bertz CT molecular complexity index is 377. The number of nitrogens with zero attached hydrogens (tertiary/aromatic N) is 2. The zero-order valence-electron chi connectivity index (χ0n) is 11.7. The first kappa shape index (κ1) is 14.7. The lowest BCUT2D eigenvalue weighted by atomic mass is 10.2. The number of aliphatic hydroxyl groups excluding tert-OH is 1. The number of nitrogens with one attached hydrogen (secondary N) is 2. The van der Waals surface area contributed by atoms with Gasteiger partial charge in [-0.15, -0.1) is 0 Å². The van der Waals surface area contributed by atoms with E-state index in [2.05, 4.69) is 27.5 Å². The lowest BCUT2D eigenvalue weighted by Gasteiger charge is -2.18. The van der Waals surface area contributed by atoms with Crippen molar-refractivity contribution in [3.05, 3.63) is 11.4 Å². The molecule has 0 aromatic carbocycles. The van der Waals surface area contributed by atoms with Gasteiger partial charge >= 0.3 is 0 Å². The fraction of sp³-hybridized carbons (Fsp3) is 0.692. The molecule has 0 fully saturated rings. The average Bonchev–Trinajstić information content (AvgIpc) is 2.37. The van der Waals surface area contributed by atoms with Crippen molar-refractivity contribution in [3.63, 3.8) is 0 Å². The molecule has 1 aromatic rings. The Morgan fingerprint density at radius 1 is 1.17 bits per heavy atom. The predicted molar refractivity (Wildman–Crippen MR) is 75.1 cm³/mol. The highest BCUT2D eigenvalue weighted by Gasteiger charge is 2.12. The summed E-state index contributed by atoms with van der Waals surface area (Å²) in [5, 5.41) is 15.8. The minimum Gasteiger partial charge on any atom is -0.394 e. The molecule has 5 nitrogen and oxygen atoms in total. The molecule has 3 N–H and O–H groups in total. The first-order valence-electron chi connectivity index (χ1n) is 6.58. The first-order valence-corrected chi connectivity index (χ1v) is 6.58. The second-order valence-electron chi connectivity index (χ2n) is 4.45. The van der Waals surface area contributed by atoms with Gasteiger partial charge in [-0.2, -0.15) is 0 Å². The molecule has 0 aliphatic carbocycles. The number of anilines is 2. The summed E-state index contributed by atoms with van der Waals surface area (Å²) < 4.78 is 0. The van der Waals surface area contributed by atoms with Crippen LogP contribution < -0.4 is 10.6 Å². The lowest BCUT2D eigenvalue weighted by molar-refractivity contribution is 0.271. The summed E-state index contributed by atoms with van der Waals surface area (Å²) in [6, 6.07) is 0.0389. The molecular formula is C13H24N4O. The van der Waals surface area contributed by atoms with Crippen molar-refractivity contribution in [3.8, 4) is 0 Å². The van der Waals surface area contributed by atoms with Crippen LogP contribution in [0.2, 0.25) is 0 Å². The molecule has 102 valence electrons. The molecule has 0 amide bonds. The Hall–Kier alpha value is -1.36. The maximum atomic E-state index is 9.24. The summed E-state index contributed by atoms with van der Waals surface area (Å²) in [6.07, 6.45) is 1.91. The minimum absolute atomic E-state index is 0.0389. The summed E-state index contributed by atoms with van der Waals surface area (Å²) in [4.78, 5) is 8.81. The van der Waals surface area contributed by atoms with E-state index in [-0.39, 0.29) is 12.6 Å². The van der Waals surface area contributed by atoms with Gasteiger partial charge in [0.05, 0.1) is 12.6 Å². The number of aromatic nitrogens is 2. The van der Waals surface area contributed by atoms with Crippen molar-refractivity contribution in [2.75, 3.05) is 23.8 Å². The van der Waals surface area contributed by atoms with E-state index in [1.54, 1.807) is 0 Å². The van der Waals surface area contributed by atoms with Gasteiger partial charge in [-0.25, -0.2) is 9.97 Å². The van der Waals surface area contributed by atoms with E-state index in [1.165, 1.54) is 0 Å². The summed E-state index contributed by atoms with van der Waals surface area (Å²) >= 11 is 0. The second-order valence-corrected chi connectivity index (χ2v) is 4.45. The summed E-state index contributed by atoms with van der Waals surface area (Å²) in [5.74, 6) is 2.41. The fourth-order valence-electron chi connectivity index (χ4n) is 1.65. The zero-order chi connectivity index (χ0) is 13.5. The van der Waals surface area contributed by atoms with E-state index in [4.69, 9.17) is 0 Å². The number of aliphatic hydroxyl groups is 1. The monoisotopic (exact) mass is 252 g/mol. The molecule has 5 heteroatoms. The average molecular weight is 252 g/mol. The van der Waals surface area contributed by atoms with Crippen LogP contribution in [-0.4, -0.2) is 34.3 Å². The van der Waals surface area contributed by atoms with Crippen LogP contribution in [0.3, 0.4) is 0 Å². The van der Waals surface area contributed by atoms with Crippen LogP contribution in [0.5, 0.6) is 0 Å².